The summed E-state index contributed by atoms with van der Waals surface area (Å²) >= 11 is 18.8. The van der Waals surface area contributed by atoms with Crippen LogP contribution in [0.1, 0.15) is 37.8 Å². The second kappa shape index (κ2) is 8.86. The zero-order chi connectivity index (χ0) is 22.4. The first-order valence-electron chi connectivity index (χ1n) is 11.0. The lowest BCUT2D eigenvalue weighted by Crippen LogP contribution is -2.45. The Balaban J connectivity index is 1.44. The van der Waals surface area contributed by atoms with Crippen LogP contribution in [0.4, 0.5) is 5.69 Å². The molecule has 5 nitrogen and oxygen atoms in total. The van der Waals surface area contributed by atoms with Crippen LogP contribution in [0.5, 0.6) is 0 Å². The Labute approximate surface area is 203 Å². The van der Waals surface area contributed by atoms with Gasteiger partial charge in [-0.3, -0.25) is 15.2 Å². The van der Waals surface area contributed by atoms with E-state index < -0.39 is 0 Å². The summed E-state index contributed by atoms with van der Waals surface area (Å²) in [4.78, 5) is 13.3. The second-order valence-corrected chi connectivity index (χ2v) is 10.3. The number of anilines is 1. The Morgan fingerprint density at radius 1 is 1.00 bits per heavy atom. The number of fused-ring (bicyclic) bond motifs is 1. The zero-order valence-corrected chi connectivity index (χ0v) is 20.0. The van der Waals surface area contributed by atoms with Gasteiger partial charge in [0.1, 0.15) is 5.71 Å². The highest BCUT2D eigenvalue weighted by molar-refractivity contribution is 6.41. The van der Waals surface area contributed by atoms with Crippen molar-refractivity contribution >= 4 is 52.1 Å². The van der Waals surface area contributed by atoms with Crippen molar-refractivity contribution in [1.82, 2.24) is 10.4 Å². The van der Waals surface area contributed by atoms with E-state index in [1.54, 1.807) is 12.1 Å². The summed E-state index contributed by atoms with van der Waals surface area (Å²) in [5.74, 6) is 1.10. The topological polar surface area (TPSA) is 47.9 Å². The minimum absolute atomic E-state index is 0.148. The highest BCUT2D eigenvalue weighted by Gasteiger charge is 2.42. The van der Waals surface area contributed by atoms with E-state index in [4.69, 9.17) is 39.9 Å². The van der Waals surface area contributed by atoms with Crippen LogP contribution in [0.25, 0.3) is 0 Å². The van der Waals surface area contributed by atoms with E-state index in [0.29, 0.717) is 38.3 Å². The summed E-state index contributed by atoms with van der Waals surface area (Å²) < 4.78 is 0. The molecule has 1 N–H and O–H groups in total. The van der Waals surface area contributed by atoms with Crippen LogP contribution in [0, 0.1) is 17.8 Å². The fraction of sp³-hybridized carbons (Fsp3) is 0.417. The molecule has 0 radical (unpaired) electrons. The number of nitrogens with one attached hydrogen (secondary N) is 1. The van der Waals surface area contributed by atoms with E-state index in [1.165, 1.54) is 19.3 Å². The predicted octanol–water partition coefficient (Wildman–Crippen LogP) is 5.96. The van der Waals surface area contributed by atoms with Gasteiger partial charge in [0.15, 0.2) is 0 Å². The molecule has 2 aromatic carbocycles. The smallest absolute Gasteiger partial charge is 0.282 e. The minimum atomic E-state index is -0.190. The largest absolute Gasteiger partial charge is 0.284 e. The second-order valence-electron chi connectivity index (χ2n) is 9.01. The van der Waals surface area contributed by atoms with Gasteiger partial charge in [0, 0.05) is 29.1 Å². The summed E-state index contributed by atoms with van der Waals surface area (Å²) in [6.07, 6.45) is 3.83. The zero-order valence-electron chi connectivity index (χ0n) is 17.8. The van der Waals surface area contributed by atoms with E-state index in [0.717, 1.165) is 18.7 Å². The lowest BCUT2D eigenvalue weighted by molar-refractivity contribution is -0.119. The molecule has 168 valence electrons. The molecule has 32 heavy (non-hydrogen) atoms. The summed E-state index contributed by atoms with van der Waals surface area (Å²) in [5, 5.41) is 10.4. The molecular formula is C24H25Cl3N4O. The maximum atomic E-state index is 13.3. The van der Waals surface area contributed by atoms with Gasteiger partial charge in [-0.15, -0.1) is 0 Å². The number of hydrazone groups is 1. The first-order valence-corrected chi connectivity index (χ1v) is 12.2. The number of benzene rings is 2. The van der Waals surface area contributed by atoms with Crippen LogP contribution >= 0.6 is 34.8 Å². The fourth-order valence-corrected chi connectivity index (χ4v) is 5.99. The normalized spacial score (nSPS) is 27.5. The van der Waals surface area contributed by atoms with Crippen LogP contribution in [-0.4, -0.2) is 29.7 Å². The maximum Gasteiger partial charge on any atom is 0.282 e. The van der Waals surface area contributed by atoms with Crippen molar-refractivity contribution in [2.24, 2.45) is 22.9 Å². The van der Waals surface area contributed by atoms with Gasteiger partial charge in [0.2, 0.25) is 0 Å². The monoisotopic (exact) mass is 490 g/mol. The van der Waals surface area contributed by atoms with Crippen molar-refractivity contribution in [1.29, 1.82) is 0 Å². The van der Waals surface area contributed by atoms with Gasteiger partial charge in [-0.2, -0.15) is 5.10 Å². The highest BCUT2D eigenvalue weighted by Crippen LogP contribution is 2.43. The summed E-state index contributed by atoms with van der Waals surface area (Å²) in [5.41, 5.74) is 5.33. The van der Waals surface area contributed by atoms with Crippen molar-refractivity contribution in [3.8, 4) is 0 Å². The van der Waals surface area contributed by atoms with Crippen LogP contribution in [-0.2, 0) is 4.79 Å². The number of hydrazine groups is 1. The molecule has 4 unspecified atom stereocenters. The lowest BCUT2D eigenvalue weighted by atomic mass is 9.91. The van der Waals surface area contributed by atoms with E-state index in [-0.39, 0.29) is 17.9 Å². The molecule has 1 aliphatic carbocycles. The first-order chi connectivity index (χ1) is 15.4. The van der Waals surface area contributed by atoms with E-state index in [9.17, 15) is 4.79 Å². The Morgan fingerprint density at radius 3 is 2.31 bits per heavy atom. The van der Waals surface area contributed by atoms with Gasteiger partial charge in [-0.25, -0.2) is 5.01 Å². The number of halogens is 3. The van der Waals surface area contributed by atoms with Crippen LogP contribution in [0.15, 0.2) is 47.6 Å². The predicted molar refractivity (Wildman–Crippen MR) is 130 cm³/mol. The third kappa shape index (κ3) is 4.12. The number of amides is 1. The minimum Gasteiger partial charge on any atom is -0.284 e. The highest BCUT2D eigenvalue weighted by atomic mass is 35.5. The Morgan fingerprint density at radius 2 is 1.66 bits per heavy atom. The first kappa shape index (κ1) is 22.0. The van der Waals surface area contributed by atoms with Crippen molar-refractivity contribution in [2.75, 3.05) is 18.1 Å². The summed E-state index contributed by atoms with van der Waals surface area (Å²) in [6, 6.07) is 12.8. The number of hydrogen-bond acceptors (Lipinski definition) is 4. The molecule has 2 aromatic rings. The molecule has 1 amide bonds. The molecule has 0 aromatic heterocycles. The van der Waals surface area contributed by atoms with E-state index in [1.807, 2.05) is 42.3 Å². The third-order valence-electron chi connectivity index (χ3n) is 6.97. The van der Waals surface area contributed by atoms with Gasteiger partial charge in [0.05, 0.1) is 16.8 Å². The molecule has 2 fully saturated rings. The summed E-state index contributed by atoms with van der Waals surface area (Å²) in [7, 11) is 0. The van der Waals surface area contributed by atoms with Crippen molar-refractivity contribution in [3.05, 3.63) is 63.1 Å². The number of carbonyl (C=O) groups is 1. The molecule has 1 saturated heterocycles. The third-order valence-corrected chi connectivity index (χ3v) is 7.76. The van der Waals surface area contributed by atoms with Crippen molar-refractivity contribution < 1.29 is 4.79 Å². The quantitative estimate of drug-likeness (QED) is 0.574. The lowest BCUT2D eigenvalue weighted by Gasteiger charge is -2.27. The molecule has 4 atom stereocenters. The van der Waals surface area contributed by atoms with Gasteiger partial charge in [-0.05, 0) is 60.6 Å². The molecule has 1 saturated carbocycles. The van der Waals surface area contributed by atoms with Gasteiger partial charge < -0.3 is 0 Å². The molecule has 5 rings (SSSR count). The average Bonchev–Trinajstić information content (AvgIpc) is 3.42. The van der Waals surface area contributed by atoms with E-state index >= 15 is 0 Å². The summed E-state index contributed by atoms with van der Waals surface area (Å²) in [6.45, 7) is 3.87. The number of hydrogen-bond donors (Lipinski definition) is 1. The number of rotatable bonds is 4. The molecule has 8 heteroatoms. The molecule has 2 heterocycles. The van der Waals surface area contributed by atoms with Crippen molar-refractivity contribution in [3.63, 3.8) is 0 Å². The molecule has 0 bridgehead atoms. The standard InChI is InChI=1S/C24H25Cl3N4O/c1-14-22(24(32)29-30-12-16-3-2-4-17(16)13-30)28-31(21-10-9-19(26)11-20(21)27)23(14)15-5-7-18(25)8-6-15/h5-11,14,16-17,23H,2-4,12-13H2,1H3,(H,29,32). The average molecular weight is 492 g/mol. The molecule has 0 spiro atoms. The van der Waals surface area contributed by atoms with Crippen LogP contribution in [0.3, 0.4) is 0 Å². The number of carbonyl (C=O) groups excluding carboxylic acids is 1. The van der Waals surface area contributed by atoms with E-state index in [2.05, 4.69) is 10.4 Å². The Kier molecular flexibility index (Phi) is 6.10. The Hall–Kier alpha value is -1.79. The SMILES string of the molecule is CC1C(C(=O)NN2CC3CCCC3C2)=NN(c2ccc(Cl)cc2Cl)C1c1ccc(Cl)cc1. The molecule has 2 aliphatic heterocycles. The fourth-order valence-electron chi connectivity index (χ4n) is 5.37. The van der Waals surface area contributed by atoms with Crippen LogP contribution < -0.4 is 10.4 Å². The number of nitrogens with zero attached hydrogens (tertiary/aromatic N) is 3. The van der Waals surface area contributed by atoms with Gasteiger partial charge in [0.25, 0.3) is 5.91 Å². The van der Waals surface area contributed by atoms with Crippen LogP contribution in [0.2, 0.25) is 15.1 Å². The maximum absolute atomic E-state index is 13.3. The molecular weight excluding hydrogens is 467 g/mol. The van der Waals surface area contributed by atoms with Gasteiger partial charge in [-0.1, -0.05) is 60.3 Å². The van der Waals surface area contributed by atoms with Gasteiger partial charge >= 0.3 is 0 Å². The van der Waals surface area contributed by atoms with Crippen molar-refractivity contribution in [2.45, 2.75) is 32.2 Å². The molecule has 3 aliphatic rings. The Bertz CT molecular complexity index is 1050.